The van der Waals surface area contributed by atoms with E-state index in [9.17, 15) is 4.79 Å². The lowest BCUT2D eigenvalue weighted by molar-refractivity contribution is -0.116. The fourth-order valence-electron chi connectivity index (χ4n) is 2.53. The van der Waals surface area contributed by atoms with Crippen molar-refractivity contribution in [1.82, 2.24) is 14.5 Å². The van der Waals surface area contributed by atoms with Gasteiger partial charge in [0.1, 0.15) is 0 Å². The standard InChI is InChI=1S/C18H20N4OS2/c1-4-21(14(3)23)18-20-15(12-25-18)11-24-17-19-9-10-22(17)16-8-6-5-7-13(16)2/h5-10,12H,4,11H2,1-3H3. The van der Waals surface area contributed by atoms with E-state index in [0.29, 0.717) is 6.54 Å². The maximum atomic E-state index is 11.6. The molecule has 0 fully saturated rings. The van der Waals surface area contributed by atoms with Crippen LogP contribution in [0.15, 0.2) is 47.2 Å². The summed E-state index contributed by atoms with van der Waals surface area (Å²) in [4.78, 5) is 22.4. The molecule has 25 heavy (non-hydrogen) atoms. The number of amides is 1. The number of thioether (sulfide) groups is 1. The number of rotatable bonds is 6. The van der Waals surface area contributed by atoms with Gasteiger partial charge in [0.25, 0.3) is 0 Å². The summed E-state index contributed by atoms with van der Waals surface area (Å²) in [5.41, 5.74) is 3.30. The lowest BCUT2D eigenvalue weighted by atomic mass is 10.2. The molecule has 0 N–H and O–H groups in total. The Hall–Kier alpha value is -2.12. The lowest BCUT2D eigenvalue weighted by Crippen LogP contribution is -2.27. The maximum absolute atomic E-state index is 11.6. The molecule has 7 heteroatoms. The van der Waals surface area contributed by atoms with Crippen molar-refractivity contribution in [1.29, 1.82) is 0 Å². The minimum Gasteiger partial charge on any atom is -0.295 e. The Kier molecular flexibility index (Phi) is 5.55. The minimum absolute atomic E-state index is 0.0196. The van der Waals surface area contributed by atoms with Crippen molar-refractivity contribution in [3.8, 4) is 5.69 Å². The highest BCUT2D eigenvalue weighted by Gasteiger charge is 2.14. The van der Waals surface area contributed by atoms with Crippen molar-refractivity contribution in [2.45, 2.75) is 31.7 Å². The van der Waals surface area contributed by atoms with Crippen LogP contribution >= 0.6 is 23.1 Å². The number of carbonyl (C=O) groups excluding carboxylic acids is 1. The first-order valence-electron chi connectivity index (χ1n) is 8.04. The molecule has 0 aliphatic heterocycles. The normalized spacial score (nSPS) is 10.8. The molecule has 0 unspecified atom stereocenters. The molecule has 130 valence electrons. The molecule has 2 heterocycles. The van der Waals surface area contributed by atoms with Crippen LogP contribution in [-0.4, -0.2) is 27.0 Å². The molecule has 3 aromatic rings. The second kappa shape index (κ2) is 7.84. The third-order valence-corrected chi connectivity index (χ3v) is 5.71. The fourth-order valence-corrected chi connectivity index (χ4v) is 4.43. The third kappa shape index (κ3) is 3.93. The maximum Gasteiger partial charge on any atom is 0.225 e. The van der Waals surface area contributed by atoms with Crippen LogP contribution in [0.1, 0.15) is 25.1 Å². The first-order valence-corrected chi connectivity index (χ1v) is 9.91. The van der Waals surface area contributed by atoms with Crippen LogP contribution in [0.5, 0.6) is 0 Å². The van der Waals surface area contributed by atoms with Gasteiger partial charge in [0.05, 0.1) is 11.4 Å². The average molecular weight is 373 g/mol. The molecular weight excluding hydrogens is 352 g/mol. The van der Waals surface area contributed by atoms with Crippen LogP contribution in [-0.2, 0) is 10.5 Å². The lowest BCUT2D eigenvalue weighted by Gasteiger charge is -2.14. The molecule has 0 saturated carbocycles. The molecule has 1 aromatic carbocycles. The highest BCUT2D eigenvalue weighted by molar-refractivity contribution is 7.98. The van der Waals surface area contributed by atoms with Crippen molar-refractivity contribution in [3.05, 3.63) is 53.3 Å². The van der Waals surface area contributed by atoms with Crippen LogP contribution in [0.3, 0.4) is 0 Å². The molecule has 0 bridgehead atoms. The van der Waals surface area contributed by atoms with Gasteiger partial charge in [-0.3, -0.25) is 14.3 Å². The highest BCUT2D eigenvalue weighted by atomic mass is 32.2. The zero-order valence-corrected chi connectivity index (χ0v) is 16.1. The summed E-state index contributed by atoms with van der Waals surface area (Å²) in [6, 6.07) is 8.25. The zero-order chi connectivity index (χ0) is 17.8. The van der Waals surface area contributed by atoms with Crippen molar-refractivity contribution in [3.63, 3.8) is 0 Å². The second-order valence-electron chi connectivity index (χ2n) is 5.54. The van der Waals surface area contributed by atoms with Crippen molar-refractivity contribution in [2.24, 2.45) is 0 Å². The van der Waals surface area contributed by atoms with E-state index < -0.39 is 0 Å². The van der Waals surface area contributed by atoms with Gasteiger partial charge in [-0.2, -0.15) is 0 Å². The van der Waals surface area contributed by atoms with Crippen molar-refractivity contribution in [2.75, 3.05) is 11.4 Å². The number of carbonyl (C=O) groups is 1. The summed E-state index contributed by atoms with van der Waals surface area (Å²) in [5, 5.41) is 3.70. The van der Waals surface area contributed by atoms with Crippen LogP contribution in [0.4, 0.5) is 5.13 Å². The van der Waals surface area contributed by atoms with Crippen LogP contribution in [0, 0.1) is 6.92 Å². The number of aryl methyl sites for hydroxylation is 1. The molecule has 0 atom stereocenters. The molecule has 0 spiro atoms. The van der Waals surface area contributed by atoms with Crippen LogP contribution < -0.4 is 4.90 Å². The number of anilines is 1. The van der Waals surface area contributed by atoms with E-state index in [-0.39, 0.29) is 5.91 Å². The predicted octanol–water partition coefficient (Wildman–Crippen LogP) is 4.30. The van der Waals surface area contributed by atoms with Gasteiger partial charge in [-0.25, -0.2) is 9.97 Å². The van der Waals surface area contributed by atoms with Crippen LogP contribution in [0.25, 0.3) is 5.69 Å². The number of para-hydroxylation sites is 1. The summed E-state index contributed by atoms with van der Waals surface area (Å²) < 4.78 is 2.10. The molecule has 0 saturated heterocycles. The molecular formula is C18H20N4OS2. The van der Waals surface area contributed by atoms with Gasteiger partial charge in [0, 0.05) is 37.0 Å². The number of nitrogens with zero attached hydrogens (tertiary/aromatic N) is 4. The Morgan fingerprint density at radius 2 is 2.16 bits per heavy atom. The smallest absolute Gasteiger partial charge is 0.225 e. The average Bonchev–Trinajstić information content (AvgIpc) is 3.23. The van der Waals surface area contributed by atoms with Gasteiger partial charge in [0.15, 0.2) is 10.3 Å². The Labute approximate surface area is 155 Å². The number of imidazole rings is 1. The highest BCUT2D eigenvalue weighted by Crippen LogP contribution is 2.28. The Bertz CT molecular complexity index is 871. The van der Waals surface area contributed by atoms with Crippen LogP contribution in [0.2, 0.25) is 0 Å². The van der Waals surface area contributed by atoms with E-state index in [1.54, 1.807) is 23.6 Å². The summed E-state index contributed by atoms with van der Waals surface area (Å²) in [6.07, 6.45) is 3.79. The van der Waals surface area contributed by atoms with E-state index in [1.165, 1.54) is 16.9 Å². The van der Waals surface area contributed by atoms with Gasteiger partial charge in [-0.15, -0.1) is 11.3 Å². The Balaban J connectivity index is 1.74. The first kappa shape index (κ1) is 17.7. The number of aromatic nitrogens is 3. The number of thiazole rings is 1. The van der Waals surface area contributed by atoms with E-state index >= 15 is 0 Å². The van der Waals surface area contributed by atoms with Gasteiger partial charge >= 0.3 is 0 Å². The molecule has 0 aliphatic carbocycles. The second-order valence-corrected chi connectivity index (χ2v) is 7.32. The van der Waals surface area contributed by atoms with Gasteiger partial charge < -0.3 is 0 Å². The molecule has 2 aromatic heterocycles. The van der Waals surface area contributed by atoms with Gasteiger partial charge in [-0.1, -0.05) is 30.0 Å². The SMILES string of the molecule is CCN(C(C)=O)c1nc(CSc2nccn2-c2ccccc2C)cs1. The quantitative estimate of drug-likeness (QED) is 0.605. The molecule has 1 amide bonds. The fraction of sp³-hybridized carbons (Fsp3) is 0.278. The molecule has 0 aliphatic rings. The largest absolute Gasteiger partial charge is 0.295 e. The summed E-state index contributed by atoms with van der Waals surface area (Å²) in [5.74, 6) is 0.737. The van der Waals surface area contributed by atoms with Crippen molar-refractivity contribution < 1.29 is 4.79 Å². The first-order chi connectivity index (χ1) is 12.1. The van der Waals surface area contributed by atoms with E-state index in [0.717, 1.165) is 27.4 Å². The summed E-state index contributed by atoms with van der Waals surface area (Å²) >= 11 is 3.15. The summed E-state index contributed by atoms with van der Waals surface area (Å²) in [6.45, 7) is 6.25. The topological polar surface area (TPSA) is 51.0 Å². The number of benzene rings is 1. The van der Waals surface area contributed by atoms with E-state index in [4.69, 9.17) is 0 Å². The minimum atomic E-state index is 0.0196. The van der Waals surface area contributed by atoms with Gasteiger partial charge in [0.2, 0.25) is 5.91 Å². The van der Waals surface area contributed by atoms with Gasteiger partial charge in [-0.05, 0) is 25.5 Å². The number of hydrogen-bond donors (Lipinski definition) is 0. The van der Waals surface area contributed by atoms with Crippen molar-refractivity contribution >= 4 is 34.1 Å². The summed E-state index contributed by atoms with van der Waals surface area (Å²) in [7, 11) is 0. The molecule has 0 radical (unpaired) electrons. The monoisotopic (exact) mass is 372 g/mol. The Morgan fingerprint density at radius 3 is 2.88 bits per heavy atom. The third-order valence-electron chi connectivity index (χ3n) is 3.80. The molecule has 3 rings (SSSR count). The Morgan fingerprint density at radius 1 is 1.36 bits per heavy atom. The zero-order valence-electron chi connectivity index (χ0n) is 14.5. The van der Waals surface area contributed by atoms with E-state index in [1.807, 2.05) is 36.8 Å². The molecule has 5 nitrogen and oxygen atoms in total. The predicted molar refractivity (Wildman–Crippen MR) is 104 cm³/mol. The number of hydrogen-bond acceptors (Lipinski definition) is 5. The van der Waals surface area contributed by atoms with E-state index in [2.05, 4.69) is 33.6 Å².